The molecule has 0 bridgehead atoms. The number of carbonyl (C=O) groups excluding carboxylic acids is 3. The Morgan fingerprint density at radius 3 is 2.12 bits per heavy atom. The quantitative estimate of drug-likeness (QED) is 0.527. The Labute approximate surface area is 190 Å². The van der Waals surface area contributed by atoms with Crippen LogP contribution < -0.4 is 21.3 Å². The molecular formula is C24H37N5O3. The standard InChI is InChI=1S/C24H37N5O3/c1-3-17(2)25-22(30)18-13-15-29(16-14-18)24(32)28-21-11-9-20(10-12-21)27-23(31)26-19-7-5-4-6-8-19/h9-12,17-19H,3-8,13-16H2,1-2H3,(H,25,30)(H,28,32)(H2,26,27,31)/t17-/m1/s1. The molecule has 1 heterocycles. The Morgan fingerprint density at radius 2 is 1.53 bits per heavy atom. The van der Waals surface area contributed by atoms with Crippen molar-refractivity contribution < 1.29 is 14.4 Å². The summed E-state index contributed by atoms with van der Waals surface area (Å²) in [6.45, 7) is 5.17. The molecule has 5 amide bonds. The third-order valence-electron chi connectivity index (χ3n) is 6.49. The molecule has 1 atom stereocenters. The van der Waals surface area contributed by atoms with Crippen LogP contribution in [0.2, 0.25) is 0 Å². The Kier molecular flexibility index (Phi) is 8.76. The van der Waals surface area contributed by atoms with Crippen LogP contribution in [0.5, 0.6) is 0 Å². The first-order valence-electron chi connectivity index (χ1n) is 12.0. The molecule has 176 valence electrons. The molecule has 1 aromatic carbocycles. The molecule has 8 nitrogen and oxygen atoms in total. The molecule has 0 unspecified atom stereocenters. The molecule has 1 saturated carbocycles. The van der Waals surface area contributed by atoms with Crippen molar-refractivity contribution in [2.24, 2.45) is 5.92 Å². The summed E-state index contributed by atoms with van der Waals surface area (Å²) in [5.74, 6) is 0.0631. The molecule has 2 aliphatic rings. The highest BCUT2D eigenvalue weighted by atomic mass is 16.2. The van der Waals surface area contributed by atoms with E-state index in [1.165, 1.54) is 19.3 Å². The van der Waals surface area contributed by atoms with E-state index in [1.54, 1.807) is 29.2 Å². The van der Waals surface area contributed by atoms with E-state index in [9.17, 15) is 14.4 Å². The van der Waals surface area contributed by atoms with Crippen LogP contribution >= 0.6 is 0 Å². The van der Waals surface area contributed by atoms with Crippen molar-refractivity contribution in [2.75, 3.05) is 23.7 Å². The Morgan fingerprint density at radius 1 is 0.938 bits per heavy atom. The molecule has 0 spiro atoms. The van der Waals surface area contributed by atoms with Crippen LogP contribution in [0.1, 0.15) is 65.2 Å². The maximum absolute atomic E-state index is 12.6. The minimum atomic E-state index is -0.186. The molecule has 32 heavy (non-hydrogen) atoms. The number of nitrogens with zero attached hydrogens (tertiary/aromatic N) is 1. The lowest BCUT2D eigenvalue weighted by molar-refractivity contribution is -0.126. The average Bonchev–Trinajstić information content (AvgIpc) is 2.81. The van der Waals surface area contributed by atoms with Gasteiger partial charge in [-0.2, -0.15) is 0 Å². The van der Waals surface area contributed by atoms with E-state index in [1.807, 2.05) is 13.8 Å². The predicted molar refractivity (Wildman–Crippen MR) is 127 cm³/mol. The molecule has 1 aliphatic carbocycles. The summed E-state index contributed by atoms with van der Waals surface area (Å²) in [4.78, 5) is 38.8. The van der Waals surface area contributed by atoms with E-state index < -0.39 is 0 Å². The number of likely N-dealkylation sites (tertiary alicyclic amines) is 1. The van der Waals surface area contributed by atoms with Crippen LogP contribution in [0.3, 0.4) is 0 Å². The van der Waals surface area contributed by atoms with Crippen LogP contribution in [0.4, 0.5) is 21.0 Å². The first kappa shape index (κ1) is 23.9. The molecule has 1 aliphatic heterocycles. The number of anilines is 2. The number of urea groups is 2. The van der Waals surface area contributed by atoms with Crippen molar-refractivity contribution in [3.8, 4) is 0 Å². The SMILES string of the molecule is CC[C@@H](C)NC(=O)C1CCN(C(=O)Nc2ccc(NC(=O)NC3CCCCC3)cc2)CC1. The van der Waals surface area contributed by atoms with Gasteiger partial charge in [0.1, 0.15) is 0 Å². The van der Waals surface area contributed by atoms with Gasteiger partial charge < -0.3 is 26.2 Å². The maximum Gasteiger partial charge on any atom is 0.321 e. The van der Waals surface area contributed by atoms with Crippen LogP contribution in [-0.2, 0) is 4.79 Å². The van der Waals surface area contributed by atoms with Gasteiger partial charge in [-0.3, -0.25) is 4.79 Å². The molecule has 1 saturated heterocycles. The second-order valence-corrected chi connectivity index (χ2v) is 9.02. The molecule has 8 heteroatoms. The van der Waals surface area contributed by atoms with E-state index in [2.05, 4.69) is 21.3 Å². The van der Waals surface area contributed by atoms with Gasteiger partial charge in [-0.25, -0.2) is 9.59 Å². The Bertz CT molecular complexity index is 768. The average molecular weight is 444 g/mol. The van der Waals surface area contributed by atoms with Crippen molar-refractivity contribution in [3.63, 3.8) is 0 Å². The van der Waals surface area contributed by atoms with Gasteiger partial charge in [-0.05, 0) is 63.3 Å². The number of rotatable bonds is 6. The number of hydrogen-bond acceptors (Lipinski definition) is 3. The Balaban J connectivity index is 1.41. The van der Waals surface area contributed by atoms with E-state index in [-0.39, 0.29) is 36.0 Å². The number of carbonyl (C=O) groups is 3. The van der Waals surface area contributed by atoms with Gasteiger partial charge in [0.2, 0.25) is 5.91 Å². The fraction of sp³-hybridized carbons (Fsp3) is 0.625. The van der Waals surface area contributed by atoms with Gasteiger partial charge in [-0.1, -0.05) is 26.2 Å². The van der Waals surface area contributed by atoms with Crippen LogP contribution in [0, 0.1) is 5.92 Å². The molecule has 0 radical (unpaired) electrons. The van der Waals surface area contributed by atoms with Gasteiger partial charge in [-0.15, -0.1) is 0 Å². The highest BCUT2D eigenvalue weighted by molar-refractivity contribution is 5.92. The van der Waals surface area contributed by atoms with Crippen LogP contribution in [0.25, 0.3) is 0 Å². The van der Waals surface area contributed by atoms with E-state index in [4.69, 9.17) is 0 Å². The lowest BCUT2D eigenvalue weighted by Gasteiger charge is -2.32. The summed E-state index contributed by atoms with van der Waals surface area (Å²) < 4.78 is 0. The molecule has 4 N–H and O–H groups in total. The summed E-state index contributed by atoms with van der Waals surface area (Å²) in [6.07, 6.45) is 7.93. The zero-order valence-corrected chi connectivity index (χ0v) is 19.3. The lowest BCUT2D eigenvalue weighted by Crippen LogP contribution is -2.45. The lowest BCUT2D eigenvalue weighted by atomic mass is 9.95. The van der Waals surface area contributed by atoms with E-state index in [0.29, 0.717) is 37.3 Å². The van der Waals surface area contributed by atoms with Gasteiger partial charge in [0, 0.05) is 42.5 Å². The summed E-state index contributed by atoms with van der Waals surface area (Å²) in [5.41, 5.74) is 1.36. The largest absolute Gasteiger partial charge is 0.353 e. The van der Waals surface area contributed by atoms with E-state index >= 15 is 0 Å². The second kappa shape index (κ2) is 11.7. The topological polar surface area (TPSA) is 103 Å². The molecule has 0 aromatic heterocycles. The minimum Gasteiger partial charge on any atom is -0.353 e. The summed E-state index contributed by atoms with van der Waals surface area (Å²) in [7, 11) is 0. The third kappa shape index (κ3) is 7.14. The summed E-state index contributed by atoms with van der Waals surface area (Å²) in [6, 6.07) is 7.20. The molecule has 2 fully saturated rings. The van der Waals surface area contributed by atoms with Crippen molar-refractivity contribution in [2.45, 2.75) is 77.3 Å². The van der Waals surface area contributed by atoms with Crippen LogP contribution in [0.15, 0.2) is 24.3 Å². The number of hydrogen-bond donors (Lipinski definition) is 4. The van der Waals surface area contributed by atoms with Gasteiger partial charge in [0.25, 0.3) is 0 Å². The molecule has 3 rings (SSSR count). The Hall–Kier alpha value is -2.77. The minimum absolute atomic E-state index is 0.0295. The zero-order chi connectivity index (χ0) is 22.9. The number of piperidine rings is 1. The van der Waals surface area contributed by atoms with Gasteiger partial charge in [0.05, 0.1) is 0 Å². The first-order chi connectivity index (χ1) is 15.4. The monoisotopic (exact) mass is 443 g/mol. The van der Waals surface area contributed by atoms with E-state index in [0.717, 1.165) is 19.3 Å². The summed E-state index contributed by atoms with van der Waals surface area (Å²) >= 11 is 0. The number of nitrogens with one attached hydrogen (secondary N) is 4. The third-order valence-corrected chi connectivity index (χ3v) is 6.49. The highest BCUT2D eigenvalue weighted by Crippen LogP contribution is 2.20. The fourth-order valence-corrected chi connectivity index (χ4v) is 4.25. The van der Waals surface area contributed by atoms with Crippen molar-refractivity contribution in [3.05, 3.63) is 24.3 Å². The fourth-order valence-electron chi connectivity index (χ4n) is 4.25. The van der Waals surface area contributed by atoms with Crippen molar-refractivity contribution in [1.29, 1.82) is 0 Å². The zero-order valence-electron chi connectivity index (χ0n) is 19.3. The first-order valence-corrected chi connectivity index (χ1v) is 12.0. The van der Waals surface area contributed by atoms with Crippen molar-refractivity contribution in [1.82, 2.24) is 15.5 Å². The number of amides is 5. The molecular weight excluding hydrogens is 406 g/mol. The van der Waals surface area contributed by atoms with Crippen LogP contribution in [-0.4, -0.2) is 48.0 Å². The number of benzene rings is 1. The maximum atomic E-state index is 12.6. The molecule has 1 aromatic rings. The van der Waals surface area contributed by atoms with Crippen molar-refractivity contribution >= 4 is 29.3 Å². The predicted octanol–water partition coefficient (Wildman–Crippen LogP) is 4.30. The smallest absolute Gasteiger partial charge is 0.321 e. The summed E-state index contributed by atoms with van der Waals surface area (Å²) in [5, 5.41) is 11.8. The highest BCUT2D eigenvalue weighted by Gasteiger charge is 2.27. The van der Waals surface area contributed by atoms with Gasteiger partial charge >= 0.3 is 12.1 Å². The normalized spacial score (nSPS) is 18.5. The van der Waals surface area contributed by atoms with Gasteiger partial charge in [0.15, 0.2) is 0 Å². The second-order valence-electron chi connectivity index (χ2n) is 9.02.